The van der Waals surface area contributed by atoms with E-state index < -0.39 is 22.4 Å². The number of aromatic nitrogens is 2. The lowest BCUT2D eigenvalue weighted by Crippen LogP contribution is -2.52. The molecule has 7 nitrogen and oxygen atoms in total. The second-order valence-corrected chi connectivity index (χ2v) is 9.96. The van der Waals surface area contributed by atoms with Gasteiger partial charge in [0.15, 0.2) is 0 Å². The van der Waals surface area contributed by atoms with Crippen molar-refractivity contribution < 1.29 is 9.53 Å². The molecule has 2 aromatic heterocycles. The third kappa shape index (κ3) is 4.95. The molecule has 168 valence electrons. The number of esters is 1. The van der Waals surface area contributed by atoms with Gasteiger partial charge in [0.2, 0.25) is 0 Å². The van der Waals surface area contributed by atoms with Crippen molar-refractivity contribution in [2.75, 3.05) is 19.1 Å². The van der Waals surface area contributed by atoms with E-state index in [0.29, 0.717) is 22.2 Å². The van der Waals surface area contributed by atoms with Crippen LogP contribution in [0.2, 0.25) is 0 Å². The van der Waals surface area contributed by atoms with Crippen LogP contribution in [0.25, 0.3) is 0 Å². The Morgan fingerprint density at radius 2 is 2.19 bits per heavy atom. The molecule has 0 amide bonds. The molecule has 0 saturated carbocycles. The standard InChI is InChI=1S/C21H27ClN4O3S2/c1-4-10-21(6-3,11-5-2)25-14-18(29-19(27)16-8-7-13-30-16)26(28,15-25)20-24-23-17(31-20)9-12-22/h3,7-8,13,18H,4-5,9-12,14-15H2,1-2H3. The van der Waals surface area contributed by atoms with Crippen LogP contribution in [0.5, 0.6) is 0 Å². The summed E-state index contributed by atoms with van der Waals surface area (Å²) < 4.78 is 4.85. The van der Waals surface area contributed by atoms with Crippen molar-refractivity contribution in [3.05, 3.63) is 32.6 Å². The zero-order valence-electron chi connectivity index (χ0n) is 17.8. The summed E-state index contributed by atoms with van der Waals surface area (Å²) in [5.74, 6) is 2.85. The van der Waals surface area contributed by atoms with E-state index in [0.717, 1.165) is 25.7 Å². The fourth-order valence-electron chi connectivity index (χ4n) is 4.00. The number of alkyl halides is 1. The molecule has 1 aliphatic heterocycles. The van der Waals surface area contributed by atoms with Crippen molar-refractivity contribution in [2.24, 2.45) is 0 Å². The van der Waals surface area contributed by atoms with Crippen LogP contribution >= 0.6 is 34.3 Å². The molecule has 0 spiro atoms. The van der Waals surface area contributed by atoms with E-state index in [9.17, 15) is 10.0 Å². The van der Waals surface area contributed by atoms with Crippen LogP contribution in [0.15, 0.2) is 17.5 Å². The van der Waals surface area contributed by atoms with Crippen molar-refractivity contribution in [3.8, 4) is 12.3 Å². The number of ether oxygens (including phenoxy) is 1. The largest absolute Gasteiger partial charge is 0.622 e. The molecular weight excluding hydrogens is 456 g/mol. The van der Waals surface area contributed by atoms with Crippen LogP contribution in [-0.4, -0.2) is 51.9 Å². The van der Waals surface area contributed by atoms with Crippen molar-refractivity contribution in [1.29, 1.82) is 0 Å². The quantitative estimate of drug-likeness (QED) is 0.162. The van der Waals surface area contributed by atoms with E-state index in [2.05, 4.69) is 30.0 Å². The number of carbonyl (C=O) groups is 1. The Labute approximate surface area is 196 Å². The summed E-state index contributed by atoms with van der Waals surface area (Å²) >= 11 is 8.32. The summed E-state index contributed by atoms with van der Waals surface area (Å²) in [5, 5.41) is 25.2. The van der Waals surface area contributed by atoms with E-state index >= 15 is 0 Å². The van der Waals surface area contributed by atoms with E-state index in [1.165, 1.54) is 22.7 Å². The van der Waals surface area contributed by atoms with Gasteiger partial charge in [0.1, 0.15) is 16.6 Å². The summed E-state index contributed by atoms with van der Waals surface area (Å²) in [6.07, 6.45) is 8.85. The number of hydroxylamine groups is 2. The normalized spacial score (nSPS) is 21.8. The van der Waals surface area contributed by atoms with Crippen molar-refractivity contribution in [2.45, 2.75) is 57.7 Å². The third-order valence-electron chi connectivity index (χ3n) is 5.48. The maximum atomic E-state index is 14.2. The average molecular weight is 483 g/mol. The molecule has 1 aliphatic rings. The Kier molecular flexibility index (Phi) is 8.08. The monoisotopic (exact) mass is 482 g/mol. The minimum Gasteiger partial charge on any atom is -0.622 e. The Morgan fingerprint density at radius 3 is 2.77 bits per heavy atom. The molecule has 0 aliphatic carbocycles. The SMILES string of the molecule is C#CC(CCC)(CCC)N1CC(OC(=O)c2cccs2)[N+]([O-])(c2nnc(CCCl)s2)C1. The molecule has 0 radical (unpaired) electrons. The first-order valence-corrected chi connectivity index (χ1v) is 12.6. The van der Waals surface area contributed by atoms with Gasteiger partial charge in [0.25, 0.3) is 6.23 Å². The predicted octanol–water partition coefficient (Wildman–Crippen LogP) is 4.61. The van der Waals surface area contributed by atoms with E-state index in [1.807, 2.05) is 4.90 Å². The van der Waals surface area contributed by atoms with Crippen LogP contribution in [0.4, 0.5) is 5.13 Å². The second kappa shape index (κ2) is 10.4. The highest BCUT2D eigenvalue weighted by Gasteiger charge is 2.52. The lowest BCUT2D eigenvalue weighted by Gasteiger charge is -2.40. The average Bonchev–Trinajstić information content (AvgIpc) is 3.50. The zero-order chi connectivity index (χ0) is 22.5. The molecule has 3 heterocycles. The van der Waals surface area contributed by atoms with Gasteiger partial charge >= 0.3 is 11.1 Å². The molecular formula is C21H27ClN4O3S2. The topological polar surface area (TPSA) is 78.4 Å². The van der Waals surface area contributed by atoms with Crippen molar-refractivity contribution in [1.82, 2.24) is 19.7 Å². The highest BCUT2D eigenvalue weighted by atomic mass is 35.5. The molecule has 0 aromatic carbocycles. The molecule has 1 fully saturated rings. The van der Waals surface area contributed by atoms with E-state index in [4.69, 9.17) is 22.8 Å². The van der Waals surface area contributed by atoms with Gasteiger partial charge in [0.05, 0.1) is 12.1 Å². The Morgan fingerprint density at radius 1 is 1.45 bits per heavy atom. The smallest absolute Gasteiger partial charge is 0.352 e. The number of halogens is 1. The van der Waals surface area contributed by atoms with Gasteiger partial charge in [-0.2, -0.15) is 0 Å². The second-order valence-electron chi connectivity index (χ2n) is 7.59. The zero-order valence-corrected chi connectivity index (χ0v) is 20.1. The first-order valence-electron chi connectivity index (χ1n) is 10.4. The van der Waals surface area contributed by atoms with Crippen molar-refractivity contribution in [3.63, 3.8) is 0 Å². The lowest BCUT2D eigenvalue weighted by molar-refractivity contribution is 0.00551. The number of aryl methyl sites for hydroxylation is 1. The maximum Gasteiger partial charge on any atom is 0.352 e. The number of carbonyl (C=O) groups excluding carboxylic acids is 1. The van der Waals surface area contributed by atoms with Crippen molar-refractivity contribution >= 4 is 45.4 Å². The predicted molar refractivity (Wildman–Crippen MR) is 126 cm³/mol. The number of hydrogen-bond donors (Lipinski definition) is 0. The fraction of sp³-hybridized carbons (Fsp3) is 0.571. The van der Waals surface area contributed by atoms with Gasteiger partial charge in [-0.15, -0.1) is 34.5 Å². The number of terminal acetylenes is 1. The van der Waals surface area contributed by atoms with E-state index in [-0.39, 0.29) is 18.3 Å². The van der Waals surface area contributed by atoms with Gasteiger partial charge in [-0.05, 0) is 35.6 Å². The van der Waals surface area contributed by atoms with Crippen LogP contribution in [-0.2, 0) is 11.2 Å². The highest BCUT2D eigenvalue weighted by molar-refractivity contribution is 7.15. The van der Waals surface area contributed by atoms with Crippen LogP contribution in [0.3, 0.4) is 0 Å². The molecule has 0 bridgehead atoms. The first kappa shape index (κ1) is 24.1. The Hall–Kier alpha value is -1.54. The van der Waals surface area contributed by atoms with Gasteiger partial charge in [-0.3, -0.25) is 4.65 Å². The maximum absolute atomic E-state index is 14.2. The molecule has 0 N–H and O–H groups in total. The minimum absolute atomic E-state index is 0.0576. The van der Waals surface area contributed by atoms with Crippen LogP contribution < -0.4 is 4.65 Å². The number of nitrogens with zero attached hydrogens (tertiary/aromatic N) is 4. The summed E-state index contributed by atoms with van der Waals surface area (Å²) in [6, 6.07) is 3.46. The van der Waals surface area contributed by atoms with Gasteiger partial charge in [-0.25, -0.2) is 9.69 Å². The summed E-state index contributed by atoms with van der Waals surface area (Å²) in [4.78, 5) is 15.2. The molecule has 3 rings (SSSR count). The minimum atomic E-state index is -0.979. The first-order chi connectivity index (χ1) is 14.9. The third-order valence-corrected chi connectivity index (χ3v) is 7.61. The molecule has 1 saturated heterocycles. The van der Waals surface area contributed by atoms with Crippen LogP contribution in [0.1, 0.15) is 54.2 Å². The highest BCUT2D eigenvalue weighted by Crippen LogP contribution is 2.39. The molecule has 2 unspecified atom stereocenters. The van der Waals surface area contributed by atoms with Gasteiger partial charge < -0.3 is 9.94 Å². The molecule has 2 atom stereocenters. The number of rotatable bonds is 10. The lowest BCUT2D eigenvalue weighted by atomic mass is 9.88. The molecule has 2 aromatic rings. The van der Waals surface area contributed by atoms with Crippen LogP contribution in [0, 0.1) is 17.6 Å². The van der Waals surface area contributed by atoms with E-state index in [1.54, 1.807) is 17.5 Å². The summed E-state index contributed by atoms with van der Waals surface area (Å²) in [5.41, 5.74) is -0.564. The summed E-state index contributed by atoms with van der Waals surface area (Å²) in [6.45, 7) is 4.46. The van der Waals surface area contributed by atoms with Gasteiger partial charge in [0, 0.05) is 12.3 Å². The fourth-order valence-corrected chi connectivity index (χ4v) is 5.80. The Balaban J connectivity index is 1.95. The number of quaternary nitrogens is 1. The number of hydrogen-bond acceptors (Lipinski definition) is 8. The number of thiophene rings is 1. The van der Waals surface area contributed by atoms with Gasteiger partial charge in [-0.1, -0.05) is 43.8 Å². The molecule has 10 heteroatoms. The Bertz CT molecular complexity index is 908. The summed E-state index contributed by atoms with van der Waals surface area (Å²) in [7, 11) is 0. The molecule has 31 heavy (non-hydrogen) atoms.